The Hall–Kier alpha value is -2.50. The lowest BCUT2D eigenvalue weighted by Gasteiger charge is -2.12. The van der Waals surface area contributed by atoms with E-state index in [0.717, 1.165) is 18.4 Å². The molecule has 0 saturated carbocycles. The molecular weight excluding hydrogens is 298 g/mol. The average molecular weight is 319 g/mol. The summed E-state index contributed by atoms with van der Waals surface area (Å²) in [4.78, 5) is 23.2. The summed E-state index contributed by atoms with van der Waals surface area (Å²) >= 11 is 0. The third kappa shape index (κ3) is 5.32. The van der Waals surface area contributed by atoms with Crippen molar-refractivity contribution in [3.8, 4) is 11.5 Å². The topological polar surface area (TPSA) is 73.9 Å². The summed E-state index contributed by atoms with van der Waals surface area (Å²) in [6, 6.07) is 5.42. The second-order valence-corrected chi connectivity index (χ2v) is 5.31. The van der Waals surface area contributed by atoms with Crippen LogP contribution in [0.15, 0.2) is 24.3 Å². The fourth-order valence-corrected chi connectivity index (χ4v) is 2.19. The molecule has 124 valence electrons. The number of hydrogen-bond donors (Lipinski definition) is 1. The summed E-state index contributed by atoms with van der Waals surface area (Å²) in [5, 5.41) is 2.77. The zero-order valence-electron chi connectivity index (χ0n) is 13.3. The summed E-state index contributed by atoms with van der Waals surface area (Å²) in [6.07, 6.45) is 4.76. The first-order valence-corrected chi connectivity index (χ1v) is 7.62. The summed E-state index contributed by atoms with van der Waals surface area (Å²) in [6.45, 7) is 3.89. The molecule has 6 nitrogen and oxygen atoms in total. The van der Waals surface area contributed by atoms with Gasteiger partial charge in [-0.15, -0.1) is 0 Å². The van der Waals surface area contributed by atoms with Gasteiger partial charge in [0.1, 0.15) is 0 Å². The molecule has 0 spiro atoms. The number of rotatable bonds is 7. The molecule has 0 fully saturated rings. The van der Waals surface area contributed by atoms with Gasteiger partial charge in [0, 0.05) is 12.1 Å². The lowest BCUT2D eigenvalue weighted by Crippen LogP contribution is -2.35. The second kappa shape index (κ2) is 8.22. The second-order valence-electron chi connectivity index (χ2n) is 5.31. The summed E-state index contributed by atoms with van der Waals surface area (Å²) < 4.78 is 15.4. The molecule has 1 aromatic carbocycles. The average Bonchev–Trinajstić information content (AvgIpc) is 2.98. The lowest BCUT2D eigenvalue weighted by atomic mass is 10.2. The maximum atomic E-state index is 11.6. The zero-order chi connectivity index (χ0) is 16.7. The van der Waals surface area contributed by atoms with E-state index in [-0.39, 0.29) is 25.3 Å². The molecule has 0 unspecified atom stereocenters. The molecule has 0 aliphatic carbocycles. The number of carbonyl (C=O) groups is 2. The van der Waals surface area contributed by atoms with Crippen molar-refractivity contribution in [2.45, 2.75) is 32.7 Å². The molecule has 23 heavy (non-hydrogen) atoms. The van der Waals surface area contributed by atoms with Crippen molar-refractivity contribution in [3.63, 3.8) is 0 Å². The minimum atomic E-state index is -0.569. The van der Waals surface area contributed by atoms with Gasteiger partial charge in [-0.05, 0) is 37.1 Å². The molecule has 1 aliphatic heterocycles. The molecule has 1 N–H and O–H groups in total. The highest BCUT2D eigenvalue weighted by Crippen LogP contribution is 2.32. The van der Waals surface area contributed by atoms with Gasteiger partial charge < -0.3 is 19.5 Å². The van der Waals surface area contributed by atoms with E-state index in [1.807, 2.05) is 13.8 Å². The third-order valence-corrected chi connectivity index (χ3v) is 3.28. The van der Waals surface area contributed by atoms with Gasteiger partial charge in [0.15, 0.2) is 18.1 Å². The van der Waals surface area contributed by atoms with Gasteiger partial charge in [-0.2, -0.15) is 0 Å². The molecule has 0 saturated heterocycles. The van der Waals surface area contributed by atoms with Crippen molar-refractivity contribution >= 4 is 18.0 Å². The number of ether oxygens (including phenoxy) is 3. The number of esters is 1. The fourth-order valence-electron chi connectivity index (χ4n) is 2.19. The van der Waals surface area contributed by atoms with Crippen LogP contribution < -0.4 is 14.8 Å². The van der Waals surface area contributed by atoms with Gasteiger partial charge in [-0.3, -0.25) is 4.79 Å². The van der Waals surface area contributed by atoms with Crippen molar-refractivity contribution in [2.75, 3.05) is 13.4 Å². The van der Waals surface area contributed by atoms with Crippen LogP contribution >= 0.6 is 0 Å². The molecule has 1 heterocycles. The quantitative estimate of drug-likeness (QED) is 0.616. The number of carbonyl (C=O) groups excluding carboxylic acids is 2. The molecule has 1 atom stereocenters. The Bertz CT molecular complexity index is 597. The SMILES string of the molecule is CCC[C@H](C)NC(=O)COC(=O)/C=C/c1ccc2c(c1)OCO2. The van der Waals surface area contributed by atoms with E-state index in [2.05, 4.69) is 5.32 Å². The van der Waals surface area contributed by atoms with Crippen LogP contribution in [0.3, 0.4) is 0 Å². The highest BCUT2D eigenvalue weighted by atomic mass is 16.7. The Labute approximate surface area is 135 Å². The van der Waals surface area contributed by atoms with Crippen molar-refractivity contribution in [3.05, 3.63) is 29.8 Å². The van der Waals surface area contributed by atoms with Crippen LogP contribution in [0.4, 0.5) is 0 Å². The molecule has 6 heteroatoms. The summed E-state index contributed by atoms with van der Waals surface area (Å²) in [7, 11) is 0. The largest absolute Gasteiger partial charge is 0.454 e. The van der Waals surface area contributed by atoms with E-state index in [1.165, 1.54) is 6.08 Å². The smallest absolute Gasteiger partial charge is 0.331 e. The van der Waals surface area contributed by atoms with Crippen LogP contribution in [0, 0.1) is 0 Å². The zero-order valence-corrected chi connectivity index (χ0v) is 13.3. The first-order valence-electron chi connectivity index (χ1n) is 7.62. The van der Waals surface area contributed by atoms with Crippen LogP contribution in [-0.2, 0) is 14.3 Å². The predicted octanol–water partition coefficient (Wildman–Crippen LogP) is 2.28. The van der Waals surface area contributed by atoms with Crippen LogP contribution in [0.25, 0.3) is 6.08 Å². The number of hydrogen-bond acceptors (Lipinski definition) is 5. The van der Waals surface area contributed by atoms with Crippen molar-refractivity contribution < 1.29 is 23.8 Å². The molecular formula is C17H21NO5. The van der Waals surface area contributed by atoms with Crippen LogP contribution in [-0.4, -0.2) is 31.3 Å². The lowest BCUT2D eigenvalue weighted by molar-refractivity contribution is -0.144. The highest BCUT2D eigenvalue weighted by molar-refractivity contribution is 5.89. The molecule has 1 amide bonds. The third-order valence-electron chi connectivity index (χ3n) is 3.28. The first kappa shape index (κ1) is 16.9. The van der Waals surface area contributed by atoms with Crippen LogP contribution in [0.1, 0.15) is 32.3 Å². The first-order chi connectivity index (χ1) is 11.1. The van der Waals surface area contributed by atoms with Crippen molar-refractivity contribution in [2.24, 2.45) is 0 Å². The van der Waals surface area contributed by atoms with Gasteiger partial charge in [-0.1, -0.05) is 19.4 Å². The Kier molecular flexibility index (Phi) is 6.02. The van der Waals surface area contributed by atoms with Gasteiger partial charge in [0.2, 0.25) is 6.79 Å². The van der Waals surface area contributed by atoms with E-state index in [1.54, 1.807) is 24.3 Å². The van der Waals surface area contributed by atoms with E-state index < -0.39 is 5.97 Å². The monoisotopic (exact) mass is 319 g/mol. The number of fused-ring (bicyclic) bond motifs is 1. The maximum absolute atomic E-state index is 11.6. The van der Waals surface area contributed by atoms with Gasteiger partial charge in [0.25, 0.3) is 5.91 Å². The van der Waals surface area contributed by atoms with Crippen molar-refractivity contribution in [1.29, 1.82) is 0 Å². The van der Waals surface area contributed by atoms with E-state index in [4.69, 9.17) is 14.2 Å². The highest BCUT2D eigenvalue weighted by Gasteiger charge is 2.12. The maximum Gasteiger partial charge on any atom is 0.331 e. The van der Waals surface area contributed by atoms with E-state index in [0.29, 0.717) is 11.5 Å². The number of amides is 1. The van der Waals surface area contributed by atoms with Crippen LogP contribution in [0.2, 0.25) is 0 Å². The predicted molar refractivity (Wildman–Crippen MR) is 85.1 cm³/mol. The standard InChI is InChI=1S/C17H21NO5/c1-3-4-12(2)18-16(19)10-21-17(20)8-6-13-5-7-14-15(9-13)23-11-22-14/h5-9,12H,3-4,10-11H2,1-2H3,(H,18,19)/b8-6+/t12-/m0/s1. The molecule has 0 bridgehead atoms. The number of nitrogens with one attached hydrogen (secondary N) is 1. The molecule has 1 aliphatic rings. The van der Waals surface area contributed by atoms with E-state index in [9.17, 15) is 9.59 Å². The van der Waals surface area contributed by atoms with Gasteiger partial charge in [0.05, 0.1) is 0 Å². The molecule has 2 rings (SSSR count). The Balaban J connectivity index is 1.77. The molecule has 0 aromatic heterocycles. The Morgan fingerprint density at radius 2 is 2.13 bits per heavy atom. The minimum Gasteiger partial charge on any atom is -0.454 e. The summed E-state index contributed by atoms with van der Waals surface area (Å²) in [5.74, 6) is 0.462. The fraction of sp³-hybridized carbons (Fsp3) is 0.412. The molecule has 0 radical (unpaired) electrons. The summed E-state index contributed by atoms with van der Waals surface area (Å²) in [5.41, 5.74) is 0.784. The van der Waals surface area contributed by atoms with Crippen molar-refractivity contribution in [1.82, 2.24) is 5.32 Å². The van der Waals surface area contributed by atoms with Gasteiger partial charge in [-0.25, -0.2) is 4.79 Å². The Morgan fingerprint density at radius 3 is 2.91 bits per heavy atom. The number of benzene rings is 1. The van der Waals surface area contributed by atoms with Crippen LogP contribution in [0.5, 0.6) is 11.5 Å². The normalized spacial score (nSPS) is 13.8. The van der Waals surface area contributed by atoms with E-state index >= 15 is 0 Å². The Morgan fingerprint density at radius 1 is 1.35 bits per heavy atom. The minimum absolute atomic E-state index is 0.0791. The molecule has 1 aromatic rings. The van der Waals surface area contributed by atoms with Gasteiger partial charge >= 0.3 is 5.97 Å².